The minimum Gasteiger partial charge on any atom is -0.367 e. The van der Waals surface area contributed by atoms with Crippen LogP contribution in [0.2, 0.25) is 0 Å². The SMILES string of the molecule is C[C@H](OC1CCCCC1)C(=O)N[C@@H]1C[C@@H](C)N(c2ccccc2)C1. The molecule has 1 saturated heterocycles. The van der Waals surface area contributed by atoms with E-state index in [9.17, 15) is 4.79 Å². The quantitative estimate of drug-likeness (QED) is 0.898. The van der Waals surface area contributed by atoms with Crippen molar-refractivity contribution in [2.75, 3.05) is 11.4 Å². The van der Waals surface area contributed by atoms with Crippen LogP contribution in [0, 0.1) is 0 Å². The summed E-state index contributed by atoms with van der Waals surface area (Å²) in [6.07, 6.45) is 6.85. The predicted octanol–water partition coefficient (Wildman–Crippen LogP) is 3.51. The van der Waals surface area contributed by atoms with Crippen molar-refractivity contribution in [3.63, 3.8) is 0 Å². The van der Waals surface area contributed by atoms with E-state index in [-0.39, 0.29) is 24.2 Å². The van der Waals surface area contributed by atoms with Gasteiger partial charge in [-0.3, -0.25) is 4.79 Å². The van der Waals surface area contributed by atoms with E-state index in [4.69, 9.17) is 4.74 Å². The van der Waals surface area contributed by atoms with Gasteiger partial charge in [0.15, 0.2) is 0 Å². The summed E-state index contributed by atoms with van der Waals surface area (Å²) >= 11 is 0. The highest BCUT2D eigenvalue weighted by atomic mass is 16.5. The van der Waals surface area contributed by atoms with Crippen LogP contribution in [0.3, 0.4) is 0 Å². The molecule has 1 aliphatic carbocycles. The lowest BCUT2D eigenvalue weighted by atomic mass is 9.97. The number of carbonyl (C=O) groups excluding carboxylic acids is 1. The number of nitrogens with zero attached hydrogens (tertiary/aromatic N) is 1. The van der Waals surface area contributed by atoms with Gasteiger partial charge in [-0.2, -0.15) is 0 Å². The van der Waals surface area contributed by atoms with Crippen LogP contribution in [0.5, 0.6) is 0 Å². The molecule has 2 fully saturated rings. The van der Waals surface area contributed by atoms with E-state index in [1.165, 1.54) is 24.9 Å². The summed E-state index contributed by atoms with van der Waals surface area (Å²) in [4.78, 5) is 14.8. The Morgan fingerprint density at radius 3 is 2.62 bits per heavy atom. The second-order valence-corrected chi connectivity index (χ2v) is 7.32. The first kappa shape index (κ1) is 17.3. The molecule has 0 unspecified atom stereocenters. The van der Waals surface area contributed by atoms with Crippen LogP contribution in [0.1, 0.15) is 52.4 Å². The van der Waals surface area contributed by atoms with Gasteiger partial charge >= 0.3 is 0 Å². The Balaban J connectivity index is 1.49. The standard InChI is InChI=1S/C20H30N2O2/c1-15-13-17(14-22(15)18-9-5-3-6-10-18)21-20(23)16(2)24-19-11-7-4-8-12-19/h3,5-6,9-10,15-17,19H,4,7-8,11-14H2,1-2H3,(H,21,23)/t15-,16+,17-/m1/s1. The van der Waals surface area contributed by atoms with Gasteiger partial charge in [0, 0.05) is 24.3 Å². The summed E-state index contributed by atoms with van der Waals surface area (Å²) in [5.74, 6) is 0.0349. The highest BCUT2D eigenvalue weighted by Gasteiger charge is 2.31. The molecule has 132 valence electrons. The zero-order chi connectivity index (χ0) is 16.9. The molecule has 1 saturated carbocycles. The van der Waals surface area contributed by atoms with Crippen molar-refractivity contribution in [1.82, 2.24) is 5.32 Å². The second-order valence-electron chi connectivity index (χ2n) is 7.32. The Morgan fingerprint density at radius 1 is 1.21 bits per heavy atom. The van der Waals surface area contributed by atoms with Crippen molar-refractivity contribution in [2.24, 2.45) is 0 Å². The van der Waals surface area contributed by atoms with E-state index >= 15 is 0 Å². The fourth-order valence-electron chi connectivity index (χ4n) is 3.99. The van der Waals surface area contributed by atoms with E-state index in [0.717, 1.165) is 25.8 Å². The van der Waals surface area contributed by atoms with E-state index in [0.29, 0.717) is 6.04 Å². The number of hydrogen-bond donors (Lipinski definition) is 1. The van der Waals surface area contributed by atoms with Crippen molar-refractivity contribution in [2.45, 2.75) is 76.7 Å². The van der Waals surface area contributed by atoms with Crippen molar-refractivity contribution in [3.05, 3.63) is 30.3 Å². The number of ether oxygens (including phenoxy) is 1. The van der Waals surface area contributed by atoms with Gasteiger partial charge in [0.05, 0.1) is 6.10 Å². The lowest BCUT2D eigenvalue weighted by Gasteiger charge is -2.26. The fourth-order valence-corrected chi connectivity index (χ4v) is 3.99. The Bertz CT molecular complexity index is 528. The lowest BCUT2D eigenvalue weighted by Crippen LogP contribution is -2.43. The molecule has 0 spiro atoms. The summed E-state index contributed by atoms with van der Waals surface area (Å²) in [6, 6.07) is 11.1. The molecule has 0 bridgehead atoms. The average Bonchev–Trinajstić information content (AvgIpc) is 2.97. The van der Waals surface area contributed by atoms with Gasteiger partial charge in [-0.25, -0.2) is 0 Å². The summed E-state index contributed by atoms with van der Waals surface area (Å²) in [5, 5.41) is 3.19. The van der Waals surface area contributed by atoms with Crippen molar-refractivity contribution in [3.8, 4) is 0 Å². The van der Waals surface area contributed by atoms with Crippen LogP contribution in [0.15, 0.2) is 30.3 Å². The molecule has 1 amide bonds. The first-order valence-electron chi connectivity index (χ1n) is 9.41. The molecular formula is C20H30N2O2. The Morgan fingerprint density at radius 2 is 1.92 bits per heavy atom. The molecule has 1 N–H and O–H groups in total. The van der Waals surface area contributed by atoms with Crippen molar-refractivity contribution >= 4 is 11.6 Å². The van der Waals surface area contributed by atoms with E-state index < -0.39 is 0 Å². The number of amides is 1. The van der Waals surface area contributed by atoms with Gasteiger partial charge in [0.2, 0.25) is 5.91 Å². The lowest BCUT2D eigenvalue weighted by molar-refractivity contribution is -0.137. The third kappa shape index (κ3) is 4.29. The van der Waals surface area contributed by atoms with Crippen LogP contribution in [0.25, 0.3) is 0 Å². The number of anilines is 1. The average molecular weight is 330 g/mol. The molecule has 1 aliphatic heterocycles. The maximum atomic E-state index is 12.5. The fraction of sp³-hybridized carbons (Fsp3) is 0.650. The molecule has 1 aromatic rings. The normalized spacial score (nSPS) is 26.3. The molecule has 4 heteroatoms. The maximum Gasteiger partial charge on any atom is 0.249 e. The van der Waals surface area contributed by atoms with Crippen LogP contribution in [-0.2, 0) is 9.53 Å². The first-order valence-corrected chi connectivity index (χ1v) is 9.41. The summed E-state index contributed by atoms with van der Waals surface area (Å²) in [5.41, 5.74) is 1.23. The minimum absolute atomic E-state index is 0.0349. The number of benzene rings is 1. The highest BCUT2D eigenvalue weighted by Crippen LogP contribution is 2.25. The van der Waals surface area contributed by atoms with E-state index in [1.807, 2.05) is 13.0 Å². The minimum atomic E-state index is -0.353. The molecule has 1 heterocycles. The molecule has 24 heavy (non-hydrogen) atoms. The van der Waals surface area contributed by atoms with Gasteiger partial charge in [0.1, 0.15) is 6.10 Å². The molecule has 4 nitrogen and oxygen atoms in total. The number of para-hydroxylation sites is 1. The molecule has 3 rings (SSSR count). The van der Waals surface area contributed by atoms with Crippen LogP contribution < -0.4 is 10.2 Å². The third-order valence-electron chi connectivity index (χ3n) is 5.33. The molecular weight excluding hydrogens is 300 g/mol. The highest BCUT2D eigenvalue weighted by molar-refractivity contribution is 5.80. The number of rotatable bonds is 5. The maximum absolute atomic E-state index is 12.5. The van der Waals surface area contributed by atoms with Crippen molar-refractivity contribution in [1.29, 1.82) is 0 Å². The van der Waals surface area contributed by atoms with Crippen LogP contribution >= 0.6 is 0 Å². The topological polar surface area (TPSA) is 41.6 Å². The van der Waals surface area contributed by atoms with Gasteiger partial charge in [-0.15, -0.1) is 0 Å². The zero-order valence-corrected chi connectivity index (χ0v) is 14.9. The monoisotopic (exact) mass is 330 g/mol. The second kappa shape index (κ2) is 8.02. The van der Waals surface area contributed by atoms with Gasteiger partial charge < -0.3 is 15.0 Å². The smallest absolute Gasteiger partial charge is 0.249 e. The largest absolute Gasteiger partial charge is 0.367 e. The van der Waals surface area contributed by atoms with Crippen LogP contribution in [-0.4, -0.2) is 36.7 Å². The van der Waals surface area contributed by atoms with Crippen LogP contribution in [0.4, 0.5) is 5.69 Å². The molecule has 2 aliphatic rings. The Hall–Kier alpha value is -1.55. The van der Waals surface area contributed by atoms with Crippen molar-refractivity contribution < 1.29 is 9.53 Å². The molecule has 1 aromatic carbocycles. The third-order valence-corrected chi connectivity index (χ3v) is 5.33. The summed E-state index contributed by atoms with van der Waals surface area (Å²) < 4.78 is 5.98. The number of hydrogen-bond acceptors (Lipinski definition) is 3. The number of nitrogens with one attached hydrogen (secondary N) is 1. The van der Waals surface area contributed by atoms with E-state index in [2.05, 4.69) is 41.4 Å². The molecule has 0 radical (unpaired) electrons. The molecule has 3 atom stereocenters. The predicted molar refractivity (Wildman–Crippen MR) is 97.2 cm³/mol. The Kier molecular flexibility index (Phi) is 5.77. The van der Waals surface area contributed by atoms with E-state index in [1.54, 1.807) is 0 Å². The summed E-state index contributed by atoms with van der Waals surface area (Å²) in [7, 11) is 0. The van der Waals surface area contributed by atoms with Gasteiger partial charge in [-0.05, 0) is 45.2 Å². The number of carbonyl (C=O) groups is 1. The summed E-state index contributed by atoms with van der Waals surface area (Å²) in [6.45, 7) is 4.98. The van der Waals surface area contributed by atoms with Gasteiger partial charge in [-0.1, -0.05) is 37.5 Å². The molecule has 0 aromatic heterocycles. The zero-order valence-electron chi connectivity index (χ0n) is 14.9. The Labute approximate surface area is 145 Å². The first-order chi connectivity index (χ1) is 11.6. The van der Waals surface area contributed by atoms with Gasteiger partial charge in [0.25, 0.3) is 0 Å².